The van der Waals surface area contributed by atoms with Gasteiger partial charge in [0.15, 0.2) is 5.96 Å². The average molecular weight is 399 g/mol. The van der Waals surface area contributed by atoms with Crippen molar-refractivity contribution in [3.05, 3.63) is 59.7 Å². The number of nitrogens with zero attached hydrogens (tertiary/aromatic N) is 2. The zero-order valence-electron chi connectivity index (χ0n) is 18.2. The molecule has 0 bridgehead atoms. The predicted octanol–water partition coefficient (Wildman–Crippen LogP) is 3.07. The molecule has 0 spiro atoms. The lowest BCUT2D eigenvalue weighted by Crippen LogP contribution is -2.41. The van der Waals surface area contributed by atoms with E-state index in [9.17, 15) is 0 Å². The van der Waals surface area contributed by atoms with Gasteiger partial charge in [0.25, 0.3) is 0 Å². The number of nitrogens with one attached hydrogen (secondary N) is 2. The molecule has 0 amide bonds. The lowest BCUT2D eigenvalue weighted by atomic mass is 10.2. The van der Waals surface area contributed by atoms with Crippen molar-refractivity contribution in [2.75, 3.05) is 40.8 Å². The molecule has 158 valence electrons. The average Bonchev–Trinajstić information content (AvgIpc) is 2.70. The van der Waals surface area contributed by atoms with E-state index in [0.29, 0.717) is 19.7 Å². The van der Waals surface area contributed by atoms with Gasteiger partial charge in [-0.2, -0.15) is 0 Å². The highest BCUT2D eigenvalue weighted by atomic mass is 16.5. The highest BCUT2D eigenvalue weighted by Crippen LogP contribution is 2.17. The summed E-state index contributed by atoms with van der Waals surface area (Å²) in [5.41, 5.74) is 2.27. The third-order valence-electron chi connectivity index (χ3n) is 4.37. The number of guanidine groups is 1. The quantitative estimate of drug-likeness (QED) is 0.476. The number of likely N-dealkylation sites (N-methyl/N-ethyl adjacent to an activating group) is 1. The van der Waals surface area contributed by atoms with Gasteiger partial charge in [-0.15, -0.1) is 0 Å². The van der Waals surface area contributed by atoms with Crippen molar-refractivity contribution in [3.8, 4) is 11.5 Å². The molecule has 6 heteroatoms. The Morgan fingerprint density at radius 2 is 1.90 bits per heavy atom. The SMILES string of the molecule is CN=C(NCc1cccc(OCCN(C)C)c1)NCC(C)Oc1ccccc1C. The van der Waals surface area contributed by atoms with Gasteiger partial charge in [0, 0.05) is 20.1 Å². The summed E-state index contributed by atoms with van der Waals surface area (Å²) < 4.78 is 11.8. The Kier molecular flexibility index (Phi) is 9.31. The molecule has 0 radical (unpaired) electrons. The summed E-state index contributed by atoms with van der Waals surface area (Å²) in [6.07, 6.45) is 0.0167. The molecular formula is C23H34N4O2. The number of hydrogen-bond acceptors (Lipinski definition) is 4. The maximum Gasteiger partial charge on any atom is 0.191 e. The van der Waals surface area contributed by atoms with E-state index in [2.05, 4.69) is 32.7 Å². The van der Waals surface area contributed by atoms with Gasteiger partial charge in [0.2, 0.25) is 0 Å². The molecule has 0 aromatic heterocycles. The summed E-state index contributed by atoms with van der Waals surface area (Å²) in [4.78, 5) is 6.40. The minimum absolute atomic E-state index is 0.0167. The standard InChI is InChI=1S/C23H34N4O2/c1-18-9-6-7-12-22(18)29-19(2)16-25-23(24-3)26-17-20-10-8-11-21(15-20)28-14-13-27(4)5/h6-12,15,19H,13-14,16-17H2,1-5H3,(H2,24,25,26). The molecule has 0 heterocycles. The molecule has 2 aromatic rings. The summed E-state index contributed by atoms with van der Waals surface area (Å²) in [5, 5.41) is 6.66. The third-order valence-corrected chi connectivity index (χ3v) is 4.37. The van der Waals surface area contributed by atoms with Crippen LogP contribution in [0.1, 0.15) is 18.1 Å². The van der Waals surface area contributed by atoms with Gasteiger partial charge in [-0.1, -0.05) is 30.3 Å². The fourth-order valence-corrected chi connectivity index (χ4v) is 2.69. The number of hydrogen-bond donors (Lipinski definition) is 2. The Hall–Kier alpha value is -2.73. The predicted molar refractivity (Wildman–Crippen MR) is 120 cm³/mol. The van der Waals surface area contributed by atoms with Crippen molar-refractivity contribution in [2.45, 2.75) is 26.5 Å². The second kappa shape index (κ2) is 12.0. The van der Waals surface area contributed by atoms with Crippen molar-refractivity contribution < 1.29 is 9.47 Å². The molecule has 0 saturated heterocycles. The Balaban J connectivity index is 1.78. The topological polar surface area (TPSA) is 58.1 Å². The van der Waals surface area contributed by atoms with E-state index >= 15 is 0 Å². The van der Waals surface area contributed by atoms with Gasteiger partial charge >= 0.3 is 0 Å². The summed E-state index contributed by atoms with van der Waals surface area (Å²) in [7, 11) is 5.84. The Morgan fingerprint density at radius 1 is 1.10 bits per heavy atom. The van der Waals surface area contributed by atoms with Crippen molar-refractivity contribution in [3.63, 3.8) is 0 Å². The van der Waals surface area contributed by atoms with Crippen LogP contribution in [0.3, 0.4) is 0 Å². The van der Waals surface area contributed by atoms with Gasteiger partial charge in [-0.05, 0) is 57.3 Å². The number of para-hydroxylation sites is 1. The van der Waals surface area contributed by atoms with Crippen molar-refractivity contribution in [1.82, 2.24) is 15.5 Å². The maximum absolute atomic E-state index is 6.01. The second-order valence-corrected chi connectivity index (χ2v) is 7.30. The monoisotopic (exact) mass is 398 g/mol. The largest absolute Gasteiger partial charge is 0.492 e. The molecule has 0 aliphatic heterocycles. The van der Waals surface area contributed by atoms with Crippen LogP contribution in [0.5, 0.6) is 11.5 Å². The molecule has 0 saturated carbocycles. The lowest BCUT2D eigenvalue weighted by molar-refractivity contribution is 0.222. The fourth-order valence-electron chi connectivity index (χ4n) is 2.69. The molecule has 6 nitrogen and oxygen atoms in total. The molecule has 29 heavy (non-hydrogen) atoms. The Labute approximate surface area is 174 Å². The highest BCUT2D eigenvalue weighted by Gasteiger charge is 2.07. The smallest absolute Gasteiger partial charge is 0.191 e. The second-order valence-electron chi connectivity index (χ2n) is 7.30. The van der Waals surface area contributed by atoms with Crippen LogP contribution >= 0.6 is 0 Å². The summed E-state index contributed by atoms with van der Waals surface area (Å²) in [6, 6.07) is 16.2. The molecule has 0 aliphatic rings. The molecule has 2 N–H and O–H groups in total. The number of benzene rings is 2. The first-order valence-corrected chi connectivity index (χ1v) is 10.0. The van der Waals surface area contributed by atoms with Crippen LogP contribution in [0.2, 0.25) is 0 Å². The molecule has 0 fully saturated rings. The van der Waals surface area contributed by atoms with Crippen molar-refractivity contribution >= 4 is 5.96 Å². The van der Waals surface area contributed by atoms with E-state index in [1.165, 1.54) is 0 Å². The third kappa shape index (κ3) is 8.44. The normalized spacial score (nSPS) is 12.6. The molecule has 2 aromatic carbocycles. The van der Waals surface area contributed by atoms with Crippen molar-refractivity contribution in [2.24, 2.45) is 4.99 Å². The number of rotatable bonds is 10. The zero-order chi connectivity index (χ0) is 21.1. The van der Waals surface area contributed by atoms with E-state index < -0.39 is 0 Å². The Morgan fingerprint density at radius 3 is 2.62 bits per heavy atom. The van der Waals surface area contributed by atoms with Crippen LogP contribution in [0.25, 0.3) is 0 Å². The minimum atomic E-state index is 0.0167. The summed E-state index contributed by atoms with van der Waals surface area (Å²) in [5.74, 6) is 2.54. The van der Waals surface area contributed by atoms with E-state index in [-0.39, 0.29) is 6.10 Å². The van der Waals surface area contributed by atoms with Gasteiger partial charge in [-0.25, -0.2) is 0 Å². The van der Waals surface area contributed by atoms with Gasteiger partial charge in [0.05, 0.1) is 6.54 Å². The van der Waals surface area contributed by atoms with Crippen LogP contribution < -0.4 is 20.1 Å². The van der Waals surface area contributed by atoms with Crippen LogP contribution in [0.4, 0.5) is 0 Å². The molecule has 2 rings (SSSR count). The molecular weight excluding hydrogens is 364 g/mol. The first-order chi connectivity index (χ1) is 14.0. The number of ether oxygens (including phenoxy) is 2. The van der Waals surface area contributed by atoms with Crippen LogP contribution in [0.15, 0.2) is 53.5 Å². The van der Waals surface area contributed by atoms with Crippen LogP contribution in [-0.2, 0) is 6.54 Å². The minimum Gasteiger partial charge on any atom is -0.492 e. The summed E-state index contributed by atoms with van der Waals surface area (Å²) >= 11 is 0. The molecule has 1 atom stereocenters. The van der Waals surface area contributed by atoms with Crippen LogP contribution in [0, 0.1) is 6.92 Å². The summed E-state index contributed by atoms with van der Waals surface area (Å²) in [6.45, 7) is 6.97. The van der Waals surface area contributed by atoms with E-state index in [4.69, 9.17) is 9.47 Å². The first kappa shape index (κ1) is 22.6. The van der Waals surface area contributed by atoms with E-state index in [1.54, 1.807) is 7.05 Å². The molecule has 0 aliphatic carbocycles. The fraction of sp³-hybridized carbons (Fsp3) is 0.435. The van der Waals surface area contributed by atoms with E-state index in [1.807, 2.05) is 64.3 Å². The van der Waals surface area contributed by atoms with Gasteiger partial charge in [0.1, 0.15) is 24.2 Å². The highest BCUT2D eigenvalue weighted by molar-refractivity contribution is 5.79. The zero-order valence-corrected chi connectivity index (χ0v) is 18.2. The maximum atomic E-state index is 6.01. The van der Waals surface area contributed by atoms with Gasteiger partial charge in [-0.3, -0.25) is 4.99 Å². The first-order valence-electron chi connectivity index (χ1n) is 10.0. The van der Waals surface area contributed by atoms with Crippen LogP contribution in [-0.4, -0.2) is 57.8 Å². The molecule has 1 unspecified atom stereocenters. The van der Waals surface area contributed by atoms with E-state index in [0.717, 1.165) is 35.1 Å². The number of aliphatic imine (C=N–C) groups is 1. The number of aryl methyl sites for hydroxylation is 1. The lowest BCUT2D eigenvalue weighted by Gasteiger charge is -2.19. The van der Waals surface area contributed by atoms with Gasteiger partial charge < -0.3 is 25.0 Å². The van der Waals surface area contributed by atoms with Crippen molar-refractivity contribution in [1.29, 1.82) is 0 Å². The Bertz CT molecular complexity index is 777.